The van der Waals surface area contributed by atoms with Crippen molar-refractivity contribution in [3.05, 3.63) is 36.9 Å². The van der Waals surface area contributed by atoms with Gasteiger partial charge >= 0.3 is 5.97 Å². The molecule has 2 unspecified atom stereocenters. The molecule has 1 aromatic carbocycles. The van der Waals surface area contributed by atoms with Crippen molar-refractivity contribution in [2.75, 3.05) is 49.2 Å². The smallest absolute Gasteiger partial charge is 0.312 e. The highest BCUT2D eigenvalue weighted by atomic mass is 16.6. The lowest BCUT2D eigenvalue weighted by molar-refractivity contribution is -0.154. The van der Waals surface area contributed by atoms with Crippen LogP contribution in [0, 0.1) is 11.8 Å². The minimum absolute atomic E-state index is 0.0786. The Balaban J connectivity index is 1.69. The lowest BCUT2D eigenvalue weighted by atomic mass is 9.70. The van der Waals surface area contributed by atoms with Crippen molar-refractivity contribution in [1.82, 2.24) is 4.90 Å². The maximum atomic E-state index is 14.5. The molecule has 2 bridgehead atoms. The van der Waals surface area contributed by atoms with E-state index in [4.69, 9.17) is 9.47 Å². The third-order valence-corrected chi connectivity index (χ3v) is 8.52. The number of aliphatic hydroxyl groups is 1. The summed E-state index contributed by atoms with van der Waals surface area (Å²) < 4.78 is 11.8. The largest absolute Gasteiger partial charge is 0.466 e. The van der Waals surface area contributed by atoms with Gasteiger partial charge in [0.1, 0.15) is 11.6 Å². The molecule has 3 aliphatic rings. The number of anilines is 2. The number of fused-ring (bicyclic) bond motifs is 1. The molecule has 0 aromatic heterocycles. The summed E-state index contributed by atoms with van der Waals surface area (Å²) in [7, 11) is 0. The molecule has 39 heavy (non-hydrogen) atoms. The van der Waals surface area contributed by atoms with Gasteiger partial charge in [-0.2, -0.15) is 0 Å². The van der Waals surface area contributed by atoms with Gasteiger partial charge < -0.3 is 29.3 Å². The number of esters is 1. The zero-order valence-corrected chi connectivity index (χ0v) is 23.5. The SMILES string of the molecule is C=CCN(C(=O)C1N(CCCCCO)C(=O)[C@@H]2[C@H](C(=O)OCC)[C@@H]3CCC12O3)c1ccc(N(CC)CC)cc1. The molecule has 214 valence electrons. The Kier molecular flexibility index (Phi) is 9.33. The van der Waals surface area contributed by atoms with Crippen LogP contribution in [-0.2, 0) is 23.9 Å². The van der Waals surface area contributed by atoms with Crippen LogP contribution in [0.1, 0.15) is 52.9 Å². The fourth-order valence-electron chi connectivity index (χ4n) is 6.78. The number of benzene rings is 1. The fourth-order valence-corrected chi connectivity index (χ4v) is 6.78. The van der Waals surface area contributed by atoms with Gasteiger partial charge in [-0.1, -0.05) is 6.08 Å². The Morgan fingerprint density at radius 3 is 2.46 bits per heavy atom. The molecule has 3 aliphatic heterocycles. The molecule has 3 saturated heterocycles. The van der Waals surface area contributed by atoms with Crippen molar-refractivity contribution in [1.29, 1.82) is 0 Å². The number of carbonyl (C=O) groups is 3. The summed E-state index contributed by atoms with van der Waals surface area (Å²) in [5.74, 6) is -2.31. The summed E-state index contributed by atoms with van der Waals surface area (Å²) in [5, 5.41) is 9.23. The number of unbranched alkanes of at least 4 members (excludes halogenated alkanes) is 2. The molecule has 1 aromatic rings. The van der Waals surface area contributed by atoms with E-state index in [1.165, 1.54) is 0 Å². The maximum absolute atomic E-state index is 14.5. The summed E-state index contributed by atoms with van der Waals surface area (Å²) in [6.45, 7) is 12.5. The molecular weight excluding hydrogens is 498 g/mol. The quantitative estimate of drug-likeness (QED) is 0.219. The Morgan fingerprint density at radius 2 is 1.85 bits per heavy atom. The molecule has 0 saturated carbocycles. The van der Waals surface area contributed by atoms with Crippen LogP contribution in [0.2, 0.25) is 0 Å². The van der Waals surface area contributed by atoms with Gasteiger partial charge in [-0.3, -0.25) is 14.4 Å². The molecule has 5 atom stereocenters. The van der Waals surface area contributed by atoms with Crippen LogP contribution in [0.25, 0.3) is 0 Å². The molecule has 3 fully saturated rings. The first kappa shape index (κ1) is 29.1. The molecule has 3 heterocycles. The van der Waals surface area contributed by atoms with E-state index < -0.39 is 35.6 Å². The Labute approximate surface area is 231 Å². The molecule has 1 spiro atoms. The first-order chi connectivity index (χ1) is 18.9. The van der Waals surface area contributed by atoms with Gasteiger partial charge in [-0.15, -0.1) is 6.58 Å². The lowest BCUT2D eigenvalue weighted by Crippen LogP contribution is -2.56. The highest BCUT2D eigenvalue weighted by molar-refractivity contribution is 6.04. The predicted octanol–water partition coefficient (Wildman–Crippen LogP) is 3.15. The van der Waals surface area contributed by atoms with E-state index in [9.17, 15) is 19.5 Å². The Morgan fingerprint density at radius 1 is 1.15 bits per heavy atom. The summed E-state index contributed by atoms with van der Waals surface area (Å²) in [5.41, 5.74) is 0.733. The third kappa shape index (κ3) is 5.18. The second-order valence-electron chi connectivity index (χ2n) is 10.6. The van der Waals surface area contributed by atoms with Crippen LogP contribution in [-0.4, -0.2) is 84.9 Å². The van der Waals surface area contributed by atoms with Crippen molar-refractivity contribution < 1.29 is 29.0 Å². The predicted molar refractivity (Wildman–Crippen MR) is 149 cm³/mol. The number of amides is 2. The number of rotatable bonds is 14. The van der Waals surface area contributed by atoms with Crippen molar-refractivity contribution in [2.45, 2.75) is 70.6 Å². The number of aliphatic hydroxyl groups excluding tert-OH is 1. The van der Waals surface area contributed by atoms with Crippen molar-refractivity contribution in [3.8, 4) is 0 Å². The summed E-state index contributed by atoms with van der Waals surface area (Å²) in [4.78, 5) is 47.0. The van der Waals surface area contributed by atoms with E-state index in [1.807, 2.05) is 24.3 Å². The minimum atomic E-state index is -1.06. The molecule has 4 rings (SSSR count). The number of nitrogens with zero attached hydrogens (tertiary/aromatic N) is 3. The van der Waals surface area contributed by atoms with Gasteiger partial charge in [0.2, 0.25) is 5.91 Å². The van der Waals surface area contributed by atoms with Gasteiger partial charge in [0.05, 0.1) is 24.5 Å². The van der Waals surface area contributed by atoms with Gasteiger partial charge in [-0.05, 0) is 77.1 Å². The maximum Gasteiger partial charge on any atom is 0.312 e. The fraction of sp³-hybridized carbons (Fsp3) is 0.633. The zero-order chi connectivity index (χ0) is 28.2. The van der Waals surface area contributed by atoms with E-state index >= 15 is 0 Å². The molecule has 9 nitrogen and oxygen atoms in total. The first-order valence-electron chi connectivity index (χ1n) is 14.4. The van der Waals surface area contributed by atoms with Crippen LogP contribution >= 0.6 is 0 Å². The standard InChI is InChI=1S/C30H43N3O6/c1-5-18-32(22-14-12-21(13-15-22)31(6-2)7-3)28(36)26-30-17-16-23(39-30)24(29(37)38-8-4)25(30)27(35)33(26)19-10-9-11-20-34/h5,12-15,23-26,34H,1,6-11,16-20H2,2-4H3/t23-,24+,25-,26?,30?/m0/s1. The molecule has 0 aliphatic carbocycles. The summed E-state index contributed by atoms with van der Waals surface area (Å²) in [6.07, 6.45) is 4.40. The molecule has 0 radical (unpaired) electrons. The molecular formula is C30H43N3O6. The van der Waals surface area contributed by atoms with E-state index in [0.29, 0.717) is 32.2 Å². The van der Waals surface area contributed by atoms with Crippen molar-refractivity contribution >= 4 is 29.2 Å². The molecule has 2 amide bonds. The van der Waals surface area contributed by atoms with Gasteiger partial charge in [0.15, 0.2) is 0 Å². The second kappa shape index (κ2) is 12.5. The highest BCUT2D eigenvalue weighted by Crippen LogP contribution is 2.59. The summed E-state index contributed by atoms with van der Waals surface area (Å²) in [6, 6.07) is 7.03. The van der Waals surface area contributed by atoms with Crippen LogP contribution in [0.4, 0.5) is 11.4 Å². The van der Waals surface area contributed by atoms with Crippen LogP contribution in [0.5, 0.6) is 0 Å². The minimum Gasteiger partial charge on any atom is -0.466 e. The average molecular weight is 542 g/mol. The van der Waals surface area contributed by atoms with E-state index in [2.05, 4.69) is 25.3 Å². The van der Waals surface area contributed by atoms with E-state index in [0.717, 1.165) is 30.9 Å². The number of carbonyl (C=O) groups excluding carboxylic acids is 3. The van der Waals surface area contributed by atoms with Gasteiger partial charge in [-0.25, -0.2) is 0 Å². The van der Waals surface area contributed by atoms with Gasteiger partial charge in [0.25, 0.3) is 5.91 Å². The third-order valence-electron chi connectivity index (χ3n) is 8.52. The number of ether oxygens (including phenoxy) is 2. The monoisotopic (exact) mass is 541 g/mol. The normalized spacial score (nSPS) is 27.0. The Hall–Kier alpha value is -2.91. The van der Waals surface area contributed by atoms with Gasteiger partial charge in [0, 0.05) is 44.2 Å². The first-order valence-corrected chi connectivity index (χ1v) is 14.4. The van der Waals surface area contributed by atoms with E-state index in [-0.39, 0.29) is 31.6 Å². The second-order valence-corrected chi connectivity index (χ2v) is 10.6. The molecule has 9 heteroatoms. The lowest BCUT2D eigenvalue weighted by Gasteiger charge is -2.37. The van der Waals surface area contributed by atoms with Crippen LogP contribution in [0.3, 0.4) is 0 Å². The molecule has 1 N–H and O–H groups in total. The van der Waals surface area contributed by atoms with E-state index in [1.54, 1.807) is 22.8 Å². The van der Waals surface area contributed by atoms with Crippen molar-refractivity contribution in [2.24, 2.45) is 11.8 Å². The number of hydrogen-bond acceptors (Lipinski definition) is 7. The number of hydrogen-bond donors (Lipinski definition) is 1. The number of likely N-dealkylation sites (tertiary alicyclic amines) is 1. The van der Waals surface area contributed by atoms with Crippen molar-refractivity contribution in [3.63, 3.8) is 0 Å². The zero-order valence-electron chi connectivity index (χ0n) is 23.5. The summed E-state index contributed by atoms with van der Waals surface area (Å²) >= 11 is 0. The highest BCUT2D eigenvalue weighted by Gasteiger charge is 2.75. The average Bonchev–Trinajstić information content (AvgIpc) is 3.58. The van der Waals surface area contributed by atoms with Crippen LogP contribution < -0.4 is 9.80 Å². The van der Waals surface area contributed by atoms with Crippen LogP contribution in [0.15, 0.2) is 36.9 Å². The Bertz CT molecular complexity index is 1040. The topological polar surface area (TPSA) is 99.6 Å².